The van der Waals surface area contributed by atoms with Crippen molar-refractivity contribution in [1.82, 2.24) is 0 Å². The van der Waals surface area contributed by atoms with Crippen LogP contribution in [0.5, 0.6) is 0 Å². The first-order chi connectivity index (χ1) is 3.93. The molecule has 0 unspecified atom stereocenters. The zero-order chi connectivity index (χ0) is 5.82. The molecule has 1 aliphatic carbocycles. The van der Waals surface area contributed by atoms with Crippen LogP contribution >= 0.6 is 0 Å². The van der Waals surface area contributed by atoms with Crippen LogP contribution in [0.25, 0.3) is 0 Å². The average molecular weight is 105 g/mol. The summed E-state index contributed by atoms with van der Waals surface area (Å²) >= 11 is 0. The smallest absolute Gasteiger partial charge is 0.140 e. The van der Waals surface area contributed by atoms with E-state index in [4.69, 9.17) is 0 Å². The van der Waals surface area contributed by atoms with Crippen molar-refractivity contribution in [3.05, 3.63) is 33.9 Å². The first-order valence-electron chi connectivity index (χ1n) is 2.21. The van der Waals surface area contributed by atoms with E-state index in [0.717, 1.165) is 0 Å². The molecule has 1 rings (SSSR count). The lowest BCUT2D eigenvalue weighted by atomic mass is 10.3. The van der Waals surface area contributed by atoms with Crippen LogP contribution in [0.2, 0.25) is 0 Å². The predicted molar refractivity (Wildman–Crippen MR) is 29.0 cm³/mol. The van der Waals surface area contributed by atoms with E-state index in [0.29, 0.717) is 12.1 Å². The molecule has 0 aromatic rings. The van der Waals surface area contributed by atoms with Crippen LogP contribution in [0, 0.1) is 4.91 Å². The highest BCUT2D eigenvalue weighted by atomic mass is 16.3. The summed E-state index contributed by atoms with van der Waals surface area (Å²) in [5, 5.41) is 2.67. The summed E-state index contributed by atoms with van der Waals surface area (Å²) in [6.07, 6.45) is 2.23. The Morgan fingerprint density at radius 2 is 2.62 bits per heavy atom. The maximum atomic E-state index is 9.72. The molecule has 0 bridgehead atoms. The van der Waals surface area contributed by atoms with Crippen LogP contribution in [-0.4, -0.2) is 0 Å². The van der Waals surface area contributed by atoms with Crippen molar-refractivity contribution in [1.29, 1.82) is 0 Å². The molecule has 0 aliphatic heterocycles. The number of allylic oxidation sites excluding steroid dienone is 1. The summed E-state index contributed by atoms with van der Waals surface area (Å²) in [7, 11) is 0. The normalized spacial score (nSPS) is 13.8. The van der Waals surface area contributed by atoms with Gasteiger partial charge in [0.1, 0.15) is 5.70 Å². The topological polar surface area (TPSA) is 29.4 Å². The first kappa shape index (κ1) is 4.83. The second-order valence-corrected chi connectivity index (χ2v) is 1.34. The molecule has 0 atom stereocenters. The highest BCUT2D eigenvalue weighted by Gasteiger charge is 1.90. The minimum absolute atomic E-state index is 0.392. The number of rotatable bonds is 1. The van der Waals surface area contributed by atoms with Gasteiger partial charge >= 0.3 is 0 Å². The van der Waals surface area contributed by atoms with Crippen molar-refractivity contribution >= 4 is 0 Å². The molecule has 0 spiro atoms. The molecule has 0 heterocycles. The van der Waals surface area contributed by atoms with E-state index in [1.165, 1.54) is 0 Å². The van der Waals surface area contributed by atoms with Gasteiger partial charge in [0, 0.05) is 6.42 Å². The third-order valence-electron chi connectivity index (χ3n) is 0.787. The van der Waals surface area contributed by atoms with Gasteiger partial charge in [-0.3, -0.25) is 0 Å². The van der Waals surface area contributed by atoms with Gasteiger partial charge in [0.2, 0.25) is 0 Å². The molecule has 2 heteroatoms. The molecular formula is C6H3NO. The molecule has 0 aromatic carbocycles. The van der Waals surface area contributed by atoms with E-state index >= 15 is 0 Å². The molecule has 8 heavy (non-hydrogen) atoms. The molecule has 0 saturated carbocycles. The fraction of sp³-hybridized carbons (Fsp3) is 0.167. The Labute approximate surface area is 46.5 Å². The number of hydrogen-bond donors (Lipinski definition) is 0. The van der Waals surface area contributed by atoms with Gasteiger partial charge in [0.05, 0.1) is 0 Å². The van der Waals surface area contributed by atoms with E-state index < -0.39 is 0 Å². The van der Waals surface area contributed by atoms with Crippen molar-refractivity contribution in [2.75, 3.05) is 0 Å². The van der Waals surface area contributed by atoms with Crippen LogP contribution in [0.1, 0.15) is 6.42 Å². The lowest BCUT2D eigenvalue weighted by molar-refractivity contribution is 1.16. The molecule has 0 N–H and O–H groups in total. The van der Waals surface area contributed by atoms with Gasteiger partial charge in [-0.15, -0.1) is 4.91 Å². The average Bonchev–Trinajstić information content (AvgIpc) is 1.90. The van der Waals surface area contributed by atoms with Crippen molar-refractivity contribution in [3.8, 4) is 0 Å². The Bertz CT molecular complexity index is 233. The highest BCUT2D eigenvalue weighted by molar-refractivity contribution is 5.09. The number of nitroso groups, excluding NO2 is 1. The van der Waals surface area contributed by atoms with Gasteiger partial charge in [-0.2, -0.15) is 0 Å². The fourth-order valence-electron chi connectivity index (χ4n) is 0.418. The van der Waals surface area contributed by atoms with Crippen molar-refractivity contribution < 1.29 is 0 Å². The zero-order valence-electron chi connectivity index (χ0n) is 4.14. The van der Waals surface area contributed by atoms with E-state index in [2.05, 4.69) is 22.4 Å². The molecule has 0 aromatic heterocycles. The van der Waals surface area contributed by atoms with E-state index in [-0.39, 0.29) is 0 Å². The Balaban J connectivity index is 3.08. The third kappa shape index (κ3) is 0.841. The Morgan fingerprint density at radius 3 is 3.00 bits per heavy atom. The fourth-order valence-corrected chi connectivity index (χ4v) is 0.418. The number of hydrogen-bond acceptors (Lipinski definition) is 2. The van der Waals surface area contributed by atoms with Crippen LogP contribution in [0.3, 0.4) is 0 Å². The molecule has 2 nitrogen and oxygen atoms in total. The van der Waals surface area contributed by atoms with Crippen LogP contribution in [0.4, 0.5) is 0 Å². The number of nitrogens with zero attached hydrogens (tertiary/aromatic N) is 1. The lowest BCUT2D eigenvalue weighted by Gasteiger charge is -1.82. The highest BCUT2D eigenvalue weighted by Crippen LogP contribution is 2.01. The van der Waals surface area contributed by atoms with Gasteiger partial charge in [-0.1, -0.05) is 5.73 Å². The second kappa shape index (κ2) is 2.11. The quantitative estimate of drug-likeness (QED) is 0.367. The second-order valence-electron chi connectivity index (χ2n) is 1.34. The monoisotopic (exact) mass is 105 g/mol. The van der Waals surface area contributed by atoms with Gasteiger partial charge in [0.25, 0.3) is 0 Å². The largest absolute Gasteiger partial charge is 0.144 e. The maximum absolute atomic E-state index is 9.72. The zero-order valence-corrected chi connectivity index (χ0v) is 4.14. The molecule has 0 radical (unpaired) electrons. The Morgan fingerprint density at radius 1 is 1.75 bits per heavy atom. The van der Waals surface area contributed by atoms with Gasteiger partial charge in [-0.25, -0.2) is 0 Å². The Kier molecular flexibility index (Phi) is 1.27. The predicted octanol–water partition coefficient (Wildman–Crippen LogP) is 1.51. The van der Waals surface area contributed by atoms with Crippen LogP contribution < -0.4 is 0 Å². The molecule has 1 aliphatic rings. The van der Waals surface area contributed by atoms with Crippen molar-refractivity contribution in [3.63, 3.8) is 0 Å². The summed E-state index contributed by atoms with van der Waals surface area (Å²) in [4.78, 5) is 9.72. The van der Waals surface area contributed by atoms with Crippen molar-refractivity contribution in [2.45, 2.75) is 6.42 Å². The van der Waals surface area contributed by atoms with Crippen LogP contribution in [-0.2, 0) is 0 Å². The minimum atomic E-state index is 0.392. The molecular weight excluding hydrogens is 102 g/mol. The van der Waals surface area contributed by atoms with Crippen LogP contribution in [0.15, 0.2) is 34.1 Å². The first-order valence-corrected chi connectivity index (χ1v) is 2.21. The van der Waals surface area contributed by atoms with Gasteiger partial charge in [-0.05, 0) is 22.7 Å². The summed E-state index contributed by atoms with van der Waals surface area (Å²) in [5.74, 6) is 0. The summed E-state index contributed by atoms with van der Waals surface area (Å²) in [6, 6.07) is 0. The maximum Gasteiger partial charge on any atom is 0.140 e. The molecule has 0 fully saturated rings. The molecule has 38 valence electrons. The summed E-state index contributed by atoms with van der Waals surface area (Å²) in [6.45, 7) is 0. The molecule has 0 saturated heterocycles. The standard InChI is InChI=1S/C6H3NO/c8-7-6-4-2-1-3-5-6/h2H,4H2. The van der Waals surface area contributed by atoms with Gasteiger partial charge in [0.15, 0.2) is 0 Å². The summed E-state index contributed by atoms with van der Waals surface area (Å²) in [5.41, 5.74) is 8.05. The van der Waals surface area contributed by atoms with Gasteiger partial charge < -0.3 is 0 Å². The van der Waals surface area contributed by atoms with E-state index in [1.807, 2.05) is 0 Å². The minimum Gasteiger partial charge on any atom is -0.144 e. The van der Waals surface area contributed by atoms with E-state index in [9.17, 15) is 4.91 Å². The molecule has 0 amide bonds. The lowest BCUT2D eigenvalue weighted by Crippen LogP contribution is -1.70. The van der Waals surface area contributed by atoms with Crippen molar-refractivity contribution in [2.24, 2.45) is 5.18 Å². The SMILES string of the molecule is O=NC1=C=C=C=CC1. The third-order valence-corrected chi connectivity index (χ3v) is 0.787. The van der Waals surface area contributed by atoms with E-state index in [1.54, 1.807) is 6.08 Å². The summed E-state index contributed by atoms with van der Waals surface area (Å²) < 4.78 is 0. The Hall–Kier alpha value is -1.32.